The molecule has 0 aromatic rings. The van der Waals surface area contributed by atoms with Crippen LogP contribution in [0, 0.1) is 11.8 Å². The van der Waals surface area contributed by atoms with Gasteiger partial charge in [-0.2, -0.15) is 0 Å². The Bertz CT molecular complexity index is 281. The maximum atomic E-state index is 12.0. The number of hydrogen-bond acceptors (Lipinski definition) is 3. The monoisotopic (exact) mass is 255 g/mol. The smallest absolute Gasteiger partial charge is 0.223 e. The molecule has 2 unspecified atom stereocenters. The van der Waals surface area contributed by atoms with Gasteiger partial charge in [0.15, 0.2) is 0 Å². The summed E-state index contributed by atoms with van der Waals surface area (Å²) in [6, 6.07) is 0. The fourth-order valence-electron chi connectivity index (χ4n) is 2.55. The highest BCUT2D eigenvalue weighted by Gasteiger charge is 2.29. The summed E-state index contributed by atoms with van der Waals surface area (Å²) in [5, 5.41) is 5.56. The summed E-state index contributed by atoms with van der Waals surface area (Å²) in [6.07, 6.45) is 4.59. The SMILES string of the molecule is CCNC(=O)CCNC(=O)C1CCCCC1CN. The predicted molar refractivity (Wildman–Crippen MR) is 70.8 cm³/mol. The van der Waals surface area contributed by atoms with E-state index < -0.39 is 0 Å². The summed E-state index contributed by atoms with van der Waals surface area (Å²) in [5.41, 5.74) is 5.70. The largest absolute Gasteiger partial charge is 0.356 e. The van der Waals surface area contributed by atoms with Crippen molar-refractivity contribution in [3.63, 3.8) is 0 Å². The van der Waals surface area contributed by atoms with Crippen LogP contribution in [0.25, 0.3) is 0 Å². The maximum Gasteiger partial charge on any atom is 0.223 e. The fourth-order valence-corrected chi connectivity index (χ4v) is 2.55. The van der Waals surface area contributed by atoms with E-state index in [-0.39, 0.29) is 17.7 Å². The Kier molecular flexibility index (Phi) is 6.72. The lowest BCUT2D eigenvalue weighted by Crippen LogP contribution is -2.40. The van der Waals surface area contributed by atoms with Crippen LogP contribution in [0.1, 0.15) is 39.0 Å². The second-order valence-corrected chi connectivity index (χ2v) is 4.88. The quantitative estimate of drug-likeness (QED) is 0.642. The number of carbonyl (C=O) groups excluding carboxylic acids is 2. The first-order chi connectivity index (χ1) is 8.69. The molecule has 1 aliphatic carbocycles. The third kappa shape index (κ3) is 4.64. The van der Waals surface area contributed by atoms with Gasteiger partial charge < -0.3 is 16.4 Å². The summed E-state index contributed by atoms with van der Waals surface area (Å²) in [7, 11) is 0. The van der Waals surface area contributed by atoms with Crippen molar-refractivity contribution in [3.05, 3.63) is 0 Å². The van der Waals surface area contributed by atoms with Crippen molar-refractivity contribution in [2.24, 2.45) is 17.6 Å². The maximum absolute atomic E-state index is 12.0. The second kappa shape index (κ2) is 8.08. The molecule has 2 atom stereocenters. The Morgan fingerprint density at radius 1 is 1.22 bits per heavy atom. The van der Waals surface area contributed by atoms with E-state index in [1.54, 1.807) is 0 Å². The van der Waals surface area contributed by atoms with E-state index in [1.165, 1.54) is 6.42 Å². The molecule has 18 heavy (non-hydrogen) atoms. The van der Waals surface area contributed by atoms with Gasteiger partial charge in [-0.25, -0.2) is 0 Å². The molecule has 0 bridgehead atoms. The van der Waals surface area contributed by atoms with Crippen LogP contribution in [0.5, 0.6) is 0 Å². The lowest BCUT2D eigenvalue weighted by molar-refractivity contribution is -0.127. The molecule has 1 fully saturated rings. The Morgan fingerprint density at radius 3 is 2.61 bits per heavy atom. The van der Waals surface area contributed by atoms with Crippen LogP contribution >= 0.6 is 0 Å². The molecule has 0 aromatic carbocycles. The van der Waals surface area contributed by atoms with E-state index in [9.17, 15) is 9.59 Å². The van der Waals surface area contributed by atoms with Crippen LogP contribution in [0.15, 0.2) is 0 Å². The number of nitrogens with one attached hydrogen (secondary N) is 2. The average molecular weight is 255 g/mol. The van der Waals surface area contributed by atoms with Crippen molar-refractivity contribution in [2.75, 3.05) is 19.6 Å². The summed E-state index contributed by atoms with van der Waals surface area (Å²) in [5.74, 6) is 0.396. The Morgan fingerprint density at radius 2 is 1.94 bits per heavy atom. The topological polar surface area (TPSA) is 84.2 Å². The van der Waals surface area contributed by atoms with Crippen molar-refractivity contribution >= 4 is 11.8 Å². The van der Waals surface area contributed by atoms with Gasteiger partial charge in [-0.1, -0.05) is 12.8 Å². The molecule has 0 heterocycles. The van der Waals surface area contributed by atoms with Gasteiger partial charge in [-0.15, -0.1) is 0 Å². The number of rotatable bonds is 6. The Hall–Kier alpha value is -1.10. The Balaban J connectivity index is 2.28. The fraction of sp³-hybridized carbons (Fsp3) is 0.846. The molecule has 0 aromatic heterocycles. The number of amides is 2. The van der Waals surface area contributed by atoms with Crippen molar-refractivity contribution < 1.29 is 9.59 Å². The minimum absolute atomic E-state index is 0.0168. The van der Waals surface area contributed by atoms with Crippen molar-refractivity contribution in [2.45, 2.75) is 39.0 Å². The molecule has 5 nitrogen and oxygen atoms in total. The van der Waals surface area contributed by atoms with Crippen molar-refractivity contribution in [1.29, 1.82) is 0 Å². The third-order valence-corrected chi connectivity index (χ3v) is 3.57. The molecule has 1 saturated carbocycles. The van der Waals surface area contributed by atoms with Gasteiger partial charge >= 0.3 is 0 Å². The number of hydrogen-bond donors (Lipinski definition) is 3. The zero-order chi connectivity index (χ0) is 13.4. The summed E-state index contributed by atoms with van der Waals surface area (Å²) < 4.78 is 0. The van der Waals surface area contributed by atoms with Gasteiger partial charge in [0.05, 0.1) is 0 Å². The molecule has 0 spiro atoms. The van der Waals surface area contributed by atoms with Gasteiger partial charge in [-0.05, 0) is 32.2 Å². The summed E-state index contributed by atoms with van der Waals surface area (Å²) in [4.78, 5) is 23.2. The Labute approximate surface area is 109 Å². The first kappa shape index (κ1) is 15.0. The van der Waals surface area contributed by atoms with Crippen molar-refractivity contribution in [1.82, 2.24) is 10.6 Å². The van der Waals surface area contributed by atoms with Crippen LogP contribution in [0.2, 0.25) is 0 Å². The van der Waals surface area contributed by atoms with Crippen LogP contribution in [0.3, 0.4) is 0 Å². The molecule has 1 aliphatic rings. The standard InChI is InChI=1S/C13H25N3O2/c1-2-15-12(17)7-8-16-13(18)11-6-4-3-5-10(11)9-14/h10-11H,2-9,14H2,1H3,(H,15,17)(H,16,18). The number of nitrogens with two attached hydrogens (primary N) is 1. The van der Waals surface area contributed by atoms with Gasteiger partial charge in [-0.3, -0.25) is 9.59 Å². The summed E-state index contributed by atoms with van der Waals surface area (Å²) >= 11 is 0. The van der Waals surface area contributed by atoms with Crippen LogP contribution in [-0.4, -0.2) is 31.4 Å². The van der Waals surface area contributed by atoms with Crippen LogP contribution < -0.4 is 16.4 Å². The highest BCUT2D eigenvalue weighted by molar-refractivity contribution is 5.80. The highest BCUT2D eigenvalue weighted by atomic mass is 16.2. The van der Waals surface area contributed by atoms with Gasteiger partial charge in [0.2, 0.25) is 11.8 Å². The molecule has 4 N–H and O–H groups in total. The lowest BCUT2D eigenvalue weighted by atomic mass is 9.79. The minimum Gasteiger partial charge on any atom is -0.356 e. The average Bonchev–Trinajstić information content (AvgIpc) is 2.38. The normalized spacial score (nSPS) is 23.4. The van der Waals surface area contributed by atoms with Crippen LogP contribution in [-0.2, 0) is 9.59 Å². The molecule has 104 valence electrons. The molecular formula is C13H25N3O2. The van der Waals surface area contributed by atoms with E-state index in [4.69, 9.17) is 5.73 Å². The van der Waals surface area contributed by atoms with Gasteiger partial charge in [0, 0.05) is 25.4 Å². The molecule has 0 saturated heterocycles. The summed E-state index contributed by atoms with van der Waals surface area (Å²) in [6.45, 7) is 3.50. The van der Waals surface area contributed by atoms with Crippen LogP contribution in [0.4, 0.5) is 0 Å². The van der Waals surface area contributed by atoms with E-state index in [0.717, 1.165) is 19.3 Å². The highest BCUT2D eigenvalue weighted by Crippen LogP contribution is 2.29. The van der Waals surface area contributed by atoms with E-state index in [0.29, 0.717) is 32.0 Å². The minimum atomic E-state index is -0.0168. The lowest BCUT2D eigenvalue weighted by Gasteiger charge is -2.29. The molecule has 1 rings (SSSR count). The number of carbonyl (C=O) groups is 2. The van der Waals surface area contributed by atoms with E-state index >= 15 is 0 Å². The van der Waals surface area contributed by atoms with Gasteiger partial charge in [0.1, 0.15) is 0 Å². The van der Waals surface area contributed by atoms with Gasteiger partial charge in [0.25, 0.3) is 0 Å². The molecule has 2 amide bonds. The van der Waals surface area contributed by atoms with E-state index in [2.05, 4.69) is 10.6 Å². The second-order valence-electron chi connectivity index (χ2n) is 4.88. The van der Waals surface area contributed by atoms with E-state index in [1.807, 2.05) is 6.92 Å². The zero-order valence-corrected chi connectivity index (χ0v) is 11.2. The molecule has 5 heteroatoms. The first-order valence-electron chi connectivity index (χ1n) is 6.93. The van der Waals surface area contributed by atoms with Crippen molar-refractivity contribution in [3.8, 4) is 0 Å². The molecular weight excluding hydrogens is 230 g/mol. The third-order valence-electron chi connectivity index (χ3n) is 3.57. The zero-order valence-electron chi connectivity index (χ0n) is 11.2. The molecule has 0 aliphatic heterocycles. The molecule has 0 radical (unpaired) electrons. The first-order valence-corrected chi connectivity index (χ1v) is 6.93. The predicted octanol–water partition coefficient (Wildman–Crippen LogP) is 0.394.